The van der Waals surface area contributed by atoms with Crippen molar-refractivity contribution in [3.63, 3.8) is 0 Å². The van der Waals surface area contributed by atoms with Gasteiger partial charge in [-0.2, -0.15) is 0 Å². The van der Waals surface area contributed by atoms with Crippen LogP contribution in [0.3, 0.4) is 0 Å². The Morgan fingerprint density at radius 1 is 1.50 bits per heavy atom. The van der Waals surface area contributed by atoms with E-state index in [4.69, 9.17) is 15.9 Å². The van der Waals surface area contributed by atoms with Crippen molar-refractivity contribution in [3.05, 3.63) is 0 Å². The molecule has 0 rings (SSSR count). The van der Waals surface area contributed by atoms with E-state index >= 15 is 0 Å². The standard InChI is InChI=1S/C9H20N2O/c1-4-9(2,3)12-7-5-6-8(10)11/h4-7H2,1-3H3,(H3,10,11). The Morgan fingerprint density at radius 3 is 2.50 bits per heavy atom. The highest BCUT2D eigenvalue weighted by molar-refractivity contribution is 5.76. The minimum Gasteiger partial charge on any atom is -0.388 e. The molecule has 0 aromatic heterocycles. The van der Waals surface area contributed by atoms with E-state index in [-0.39, 0.29) is 11.4 Å². The zero-order valence-electron chi connectivity index (χ0n) is 8.31. The molecular formula is C9H20N2O. The molecule has 0 saturated carbocycles. The Labute approximate surface area is 74.8 Å². The number of nitrogens with two attached hydrogens (primary N) is 1. The number of nitrogens with one attached hydrogen (secondary N) is 1. The number of ether oxygens (including phenoxy) is 1. The Balaban J connectivity index is 3.37. The Morgan fingerprint density at radius 2 is 2.08 bits per heavy atom. The van der Waals surface area contributed by atoms with Crippen molar-refractivity contribution < 1.29 is 4.74 Å². The first-order chi connectivity index (χ1) is 5.48. The van der Waals surface area contributed by atoms with Crippen LogP contribution in [0.4, 0.5) is 0 Å². The van der Waals surface area contributed by atoms with Crippen LogP contribution < -0.4 is 5.73 Å². The van der Waals surface area contributed by atoms with Gasteiger partial charge in [0.1, 0.15) is 0 Å². The zero-order valence-corrected chi connectivity index (χ0v) is 8.31. The molecule has 0 fully saturated rings. The molecule has 0 heterocycles. The van der Waals surface area contributed by atoms with Gasteiger partial charge in [-0.25, -0.2) is 0 Å². The van der Waals surface area contributed by atoms with Crippen molar-refractivity contribution >= 4 is 5.84 Å². The molecule has 72 valence electrons. The average Bonchev–Trinajstić information content (AvgIpc) is 1.98. The summed E-state index contributed by atoms with van der Waals surface area (Å²) in [6.07, 6.45) is 2.49. The van der Waals surface area contributed by atoms with Crippen LogP contribution in [-0.4, -0.2) is 18.0 Å². The third-order valence-corrected chi connectivity index (χ3v) is 1.93. The monoisotopic (exact) mass is 172 g/mol. The Kier molecular flexibility index (Phi) is 4.90. The quantitative estimate of drug-likeness (QED) is 0.365. The maximum Gasteiger partial charge on any atom is 0.0906 e. The molecule has 0 bridgehead atoms. The van der Waals surface area contributed by atoms with Gasteiger partial charge in [-0.05, 0) is 26.7 Å². The van der Waals surface area contributed by atoms with Crippen LogP contribution in [0.2, 0.25) is 0 Å². The van der Waals surface area contributed by atoms with Gasteiger partial charge in [0.15, 0.2) is 0 Å². The van der Waals surface area contributed by atoms with E-state index in [1.807, 2.05) is 0 Å². The Bertz CT molecular complexity index is 143. The molecule has 3 N–H and O–H groups in total. The fraction of sp³-hybridized carbons (Fsp3) is 0.889. The Hall–Kier alpha value is -0.570. The van der Waals surface area contributed by atoms with Gasteiger partial charge >= 0.3 is 0 Å². The zero-order chi connectivity index (χ0) is 9.61. The molecule has 3 nitrogen and oxygen atoms in total. The van der Waals surface area contributed by atoms with Crippen LogP contribution in [0.1, 0.15) is 40.0 Å². The van der Waals surface area contributed by atoms with E-state index in [0.717, 1.165) is 12.8 Å². The molecule has 0 aromatic rings. The lowest BCUT2D eigenvalue weighted by molar-refractivity contribution is -0.0204. The molecule has 0 aliphatic carbocycles. The predicted octanol–water partition coefficient (Wildman–Crippen LogP) is 1.91. The summed E-state index contributed by atoms with van der Waals surface area (Å²) < 4.78 is 5.58. The van der Waals surface area contributed by atoms with Crippen molar-refractivity contribution in [1.82, 2.24) is 0 Å². The SMILES string of the molecule is CCC(C)(C)OCCCC(=N)N. The van der Waals surface area contributed by atoms with Gasteiger partial charge in [0.25, 0.3) is 0 Å². The fourth-order valence-electron chi connectivity index (χ4n) is 0.713. The number of amidine groups is 1. The number of hydrogen-bond donors (Lipinski definition) is 2. The van der Waals surface area contributed by atoms with Gasteiger partial charge in [0.2, 0.25) is 0 Å². The summed E-state index contributed by atoms with van der Waals surface area (Å²) in [5.74, 6) is 0.243. The second-order valence-electron chi connectivity index (χ2n) is 3.59. The normalized spacial score (nSPS) is 11.6. The van der Waals surface area contributed by atoms with Crippen LogP contribution in [0.25, 0.3) is 0 Å². The van der Waals surface area contributed by atoms with Crippen molar-refractivity contribution in [1.29, 1.82) is 5.41 Å². The van der Waals surface area contributed by atoms with E-state index in [1.165, 1.54) is 0 Å². The maximum absolute atomic E-state index is 7.00. The van der Waals surface area contributed by atoms with Gasteiger partial charge in [0.05, 0.1) is 11.4 Å². The molecular weight excluding hydrogens is 152 g/mol. The van der Waals surface area contributed by atoms with Crippen molar-refractivity contribution in [2.45, 2.75) is 45.6 Å². The van der Waals surface area contributed by atoms with Crippen LogP contribution in [0.5, 0.6) is 0 Å². The molecule has 0 saturated heterocycles. The summed E-state index contributed by atoms with van der Waals surface area (Å²) in [6.45, 7) is 6.94. The summed E-state index contributed by atoms with van der Waals surface area (Å²) in [5.41, 5.74) is 5.17. The van der Waals surface area contributed by atoms with E-state index < -0.39 is 0 Å². The topological polar surface area (TPSA) is 59.1 Å². The molecule has 12 heavy (non-hydrogen) atoms. The van der Waals surface area contributed by atoms with Crippen molar-refractivity contribution in [2.75, 3.05) is 6.61 Å². The van der Waals surface area contributed by atoms with Gasteiger partial charge < -0.3 is 10.5 Å². The summed E-state index contributed by atoms with van der Waals surface area (Å²) in [4.78, 5) is 0. The molecule has 0 unspecified atom stereocenters. The molecule has 0 aliphatic heterocycles. The van der Waals surface area contributed by atoms with Crippen LogP contribution in [0, 0.1) is 5.41 Å². The lowest BCUT2D eigenvalue weighted by Gasteiger charge is -2.23. The summed E-state index contributed by atoms with van der Waals surface area (Å²) in [7, 11) is 0. The summed E-state index contributed by atoms with van der Waals surface area (Å²) >= 11 is 0. The number of rotatable bonds is 6. The molecule has 0 aliphatic rings. The van der Waals surface area contributed by atoms with Crippen LogP contribution in [0.15, 0.2) is 0 Å². The highest BCUT2D eigenvalue weighted by atomic mass is 16.5. The highest BCUT2D eigenvalue weighted by Gasteiger charge is 2.14. The second kappa shape index (κ2) is 5.14. The molecule has 0 aromatic carbocycles. The fourth-order valence-corrected chi connectivity index (χ4v) is 0.713. The van der Waals surface area contributed by atoms with Crippen molar-refractivity contribution in [2.24, 2.45) is 5.73 Å². The third kappa shape index (κ3) is 6.16. The largest absolute Gasteiger partial charge is 0.388 e. The van der Waals surface area contributed by atoms with Crippen LogP contribution in [-0.2, 0) is 4.74 Å². The second-order valence-corrected chi connectivity index (χ2v) is 3.59. The first kappa shape index (κ1) is 11.4. The third-order valence-electron chi connectivity index (χ3n) is 1.93. The van der Waals surface area contributed by atoms with E-state index in [2.05, 4.69) is 20.8 Å². The van der Waals surface area contributed by atoms with Crippen molar-refractivity contribution in [3.8, 4) is 0 Å². The van der Waals surface area contributed by atoms with E-state index in [9.17, 15) is 0 Å². The highest BCUT2D eigenvalue weighted by Crippen LogP contribution is 2.13. The first-order valence-corrected chi connectivity index (χ1v) is 4.45. The molecule has 0 radical (unpaired) electrons. The maximum atomic E-state index is 7.00. The smallest absolute Gasteiger partial charge is 0.0906 e. The predicted molar refractivity (Wildman–Crippen MR) is 51.5 cm³/mol. The van der Waals surface area contributed by atoms with Gasteiger partial charge in [-0.3, -0.25) is 5.41 Å². The molecule has 0 spiro atoms. The lowest BCUT2D eigenvalue weighted by atomic mass is 10.1. The van der Waals surface area contributed by atoms with E-state index in [1.54, 1.807) is 0 Å². The minimum atomic E-state index is -0.0310. The van der Waals surface area contributed by atoms with Gasteiger partial charge in [-0.15, -0.1) is 0 Å². The number of hydrogen-bond acceptors (Lipinski definition) is 2. The van der Waals surface area contributed by atoms with E-state index in [0.29, 0.717) is 13.0 Å². The minimum absolute atomic E-state index is 0.0310. The summed E-state index contributed by atoms with van der Waals surface area (Å²) in [6, 6.07) is 0. The van der Waals surface area contributed by atoms with Gasteiger partial charge in [-0.1, -0.05) is 6.92 Å². The molecule has 0 amide bonds. The first-order valence-electron chi connectivity index (χ1n) is 4.45. The van der Waals surface area contributed by atoms with Crippen LogP contribution >= 0.6 is 0 Å². The lowest BCUT2D eigenvalue weighted by Crippen LogP contribution is -2.24. The molecule has 3 heteroatoms. The molecule has 0 atom stereocenters. The summed E-state index contributed by atoms with van der Waals surface area (Å²) in [5, 5.41) is 7.00. The average molecular weight is 172 g/mol. The van der Waals surface area contributed by atoms with Gasteiger partial charge in [0, 0.05) is 13.0 Å².